The minimum absolute atomic E-state index is 0.199. The van der Waals surface area contributed by atoms with Gasteiger partial charge in [0.25, 0.3) is 5.91 Å². The molecule has 0 saturated heterocycles. The van der Waals surface area contributed by atoms with Crippen molar-refractivity contribution < 1.29 is 4.79 Å². The van der Waals surface area contributed by atoms with Crippen LogP contribution in [0.3, 0.4) is 0 Å². The van der Waals surface area contributed by atoms with Gasteiger partial charge in [0, 0.05) is 19.8 Å². The van der Waals surface area contributed by atoms with Gasteiger partial charge in [0.15, 0.2) is 0 Å². The summed E-state index contributed by atoms with van der Waals surface area (Å²) in [5, 5.41) is 14.7. The van der Waals surface area contributed by atoms with Crippen LogP contribution in [0.2, 0.25) is 0 Å². The lowest BCUT2D eigenvalue weighted by molar-refractivity contribution is 0.0945. The van der Waals surface area contributed by atoms with Gasteiger partial charge >= 0.3 is 0 Å². The number of nitrogens with zero attached hydrogens (tertiary/aromatic N) is 3. The lowest BCUT2D eigenvalue weighted by Crippen LogP contribution is -2.26. The lowest BCUT2D eigenvalue weighted by atomic mass is 10.4. The highest BCUT2D eigenvalue weighted by Crippen LogP contribution is 1.94. The van der Waals surface area contributed by atoms with Crippen molar-refractivity contribution in [2.75, 3.05) is 6.54 Å². The zero-order chi connectivity index (χ0) is 9.68. The molecule has 0 saturated carbocycles. The van der Waals surface area contributed by atoms with E-state index in [1.807, 2.05) is 6.07 Å². The summed E-state index contributed by atoms with van der Waals surface area (Å²) >= 11 is 0. The summed E-state index contributed by atoms with van der Waals surface area (Å²) in [6, 6.07) is 3.57. The Bertz CT molecular complexity index is 336. The molecule has 0 radical (unpaired) electrons. The van der Waals surface area contributed by atoms with E-state index >= 15 is 0 Å². The van der Waals surface area contributed by atoms with Crippen molar-refractivity contribution in [2.45, 2.75) is 6.42 Å². The van der Waals surface area contributed by atoms with Crippen molar-refractivity contribution in [3.63, 3.8) is 0 Å². The van der Waals surface area contributed by atoms with Crippen LogP contribution in [0.15, 0.2) is 12.3 Å². The number of hydrogen-bond donors (Lipinski definition) is 1. The Morgan fingerprint density at radius 3 is 3.15 bits per heavy atom. The van der Waals surface area contributed by atoms with Gasteiger partial charge in [0.05, 0.1) is 12.5 Å². The van der Waals surface area contributed by atoms with E-state index in [0.29, 0.717) is 18.7 Å². The Morgan fingerprint density at radius 2 is 2.62 bits per heavy atom. The van der Waals surface area contributed by atoms with E-state index in [1.165, 1.54) is 4.68 Å². The number of carbonyl (C=O) groups is 1. The molecule has 1 aromatic heterocycles. The van der Waals surface area contributed by atoms with Crippen LogP contribution in [0.1, 0.15) is 16.9 Å². The first kappa shape index (κ1) is 9.26. The molecule has 5 heteroatoms. The Balaban J connectivity index is 2.50. The first-order valence-corrected chi connectivity index (χ1v) is 3.89. The van der Waals surface area contributed by atoms with Gasteiger partial charge in [-0.25, -0.2) is 0 Å². The quantitative estimate of drug-likeness (QED) is 0.665. The monoisotopic (exact) mass is 178 g/mol. The largest absolute Gasteiger partial charge is 0.350 e. The summed E-state index contributed by atoms with van der Waals surface area (Å²) in [5.74, 6) is -0.199. The van der Waals surface area contributed by atoms with E-state index in [2.05, 4.69) is 10.4 Å². The average Bonchev–Trinajstić information content (AvgIpc) is 2.52. The molecule has 5 nitrogen and oxygen atoms in total. The summed E-state index contributed by atoms with van der Waals surface area (Å²) in [4.78, 5) is 11.3. The Hall–Kier alpha value is -1.83. The second kappa shape index (κ2) is 4.26. The molecule has 1 heterocycles. The summed E-state index contributed by atoms with van der Waals surface area (Å²) in [5.41, 5.74) is 0.498. The molecule has 0 aromatic carbocycles. The number of hydrogen-bond acceptors (Lipinski definition) is 3. The number of nitriles is 1. The van der Waals surface area contributed by atoms with Crippen LogP contribution in [0.4, 0.5) is 0 Å². The van der Waals surface area contributed by atoms with E-state index in [4.69, 9.17) is 5.26 Å². The molecule has 0 aliphatic carbocycles. The summed E-state index contributed by atoms with van der Waals surface area (Å²) in [6.07, 6.45) is 1.88. The molecule has 0 aliphatic rings. The minimum atomic E-state index is -0.199. The van der Waals surface area contributed by atoms with Crippen LogP contribution in [0, 0.1) is 11.3 Å². The first-order chi connectivity index (χ1) is 6.25. The molecule has 0 atom stereocenters. The first-order valence-electron chi connectivity index (χ1n) is 3.89. The van der Waals surface area contributed by atoms with E-state index in [1.54, 1.807) is 19.3 Å². The Kier molecular flexibility index (Phi) is 3.03. The van der Waals surface area contributed by atoms with E-state index in [9.17, 15) is 4.79 Å². The van der Waals surface area contributed by atoms with Crippen LogP contribution in [0.25, 0.3) is 0 Å². The van der Waals surface area contributed by atoms with E-state index in [0.717, 1.165) is 0 Å². The fourth-order valence-electron chi connectivity index (χ4n) is 0.919. The highest BCUT2D eigenvalue weighted by atomic mass is 16.2. The molecule has 0 bridgehead atoms. The summed E-state index contributed by atoms with van der Waals surface area (Å²) in [6.45, 7) is 0.376. The smallest absolute Gasteiger partial charge is 0.269 e. The minimum Gasteiger partial charge on any atom is -0.350 e. The van der Waals surface area contributed by atoms with Gasteiger partial charge in [-0.05, 0) is 6.07 Å². The van der Waals surface area contributed by atoms with Crippen LogP contribution in [-0.4, -0.2) is 22.2 Å². The molecular weight excluding hydrogens is 168 g/mol. The standard InChI is InChI=1S/C8H10N4O/c1-12-7(3-6-11-12)8(13)10-5-2-4-9/h3,6H,2,5H2,1H3,(H,10,13). The Labute approximate surface area is 76.0 Å². The third-order valence-corrected chi connectivity index (χ3v) is 1.58. The molecule has 1 aromatic rings. The summed E-state index contributed by atoms with van der Waals surface area (Å²) in [7, 11) is 1.69. The molecule has 1 rings (SSSR count). The molecule has 1 N–H and O–H groups in total. The third-order valence-electron chi connectivity index (χ3n) is 1.58. The molecule has 0 unspecified atom stereocenters. The van der Waals surface area contributed by atoms with Crippen molar-refractivity contribution in [3.05, 3.63) is 18.0 Å². The van der Waals surface area contributed by atoms with Gasteiger partial charge in [-0.3, -0.25) is 9.48 Å². The zero-order valence-electron chi connectivity index (χ0n) is 7.32. The van der Waals surface area contributed by atoms with Crippen molar-refractivity contribution in [1.29, 1.82) is 5.26 Å². The maximum atomic E-state index is 11.3. The van der Waals surface area contributed by atoms with Crippen molar-refractivity contribution in [3.8, 4) is 6.07 Å². The molecule has 0 fully saturated rings. The highest BCUT2D eigenvalue weighted by Gasteiger charge is 2.07. The van der Waals surface area contributed by atoms with Crippen LogP contribution >= 0.6 is 0 Å². The van der Waals surface area contributed by atoms with Crippen molar-refractivity contribution in [1.82, 2.24) is 15.1 Å². The molecule has 13 heavy (non-hydrogen) atoms. The maximum absolute atomic E-state index is 11.3. The number of amides is 1. The maximum Gasteiger partial charge on any atom is 0.269 e. The van der Waals surface area contributed by atoms with Crippen LogP contribution in [-0.2, 0) is 7.05 Å². The number of aryl methyl sites for hydroxylation is 1. The fourth-order valence-corrected chi connectivity index (χ4v) is 0.919. The number of carbonyl (C=O) groups excluding carboxylic acids is 1. The summed E-state index contributed by atoms with van der Waals surface area (Å²) < 4.78 is 1.49. The third kappa shape index (κ3) is 2.30. The lowest BCUT2D eigenvalue weighted by Gasteiger charge is -2.01. The van der Waals surface area contributed by atoms with Gasteiger partial charge in [-0.2, -0.15) is 10.4 Å². The molecular formula is C8H10N4O. The zero-order valence-corrected chi connectivity index (χ0v) is 7.32. The SMILES string of the molecule is Cn1nccc1C(=O)NCCC#N. The second-order valence-corrected chi connectivity index (χ2v) is 2.50. The predicted octanol–water partition coefficient (Wildman–Crippen LogP) is 0.0636. The van der Waals surface area contributed by atoms with Gasteiger partial charge in [-0.1, -0.05) is 0 Å². The molecule has 1 amide bonds. The van der Waals surface area contributed by atoms with E-state index in [-0.39, 0.29) is 5.91 Å². The van der Waals surface area contributed by atoms with Crippen molar-refractivity contribution in [2.24, 2.45) is 7.05 Å². The van der Waals surface area contributed by atoms with E-state index < -0.39 is 0 Å². The average molecular weight is 178 g/mol. The number of rotatable bonds is 3. The van der Waals surface area contributed by atoms with Gasteiger partial charge < -0.3 is 5.32 Å². The normalized spacial score (nSPS) is 9.23. The Morgan fingerprint density at radius 1 is 1.85 bits per heavy atom. The molecule has 0 aliphatic heterocycles. The van der Waals surface area contributed by atoms with Crippen molar-refractivity contribution >= 4 is 5.91 Å². The fraction of sp³-hybridized carbons (Fsp3) is 0.375. The topological polar surface area (TPSA) is 70.7 Å². The highest BCUT2D eigenvalue weighted by molar-refractivity contribution is 5.92. The second-order valence-electron chi connectivity index (χ2n) is 2.50. The predicted molar refractivity (Wildman–Crippen MR) is 45.8 cm³/mol. The van der Waals surface area contributed by atoms with Gasteiger partial charge in [-0.15, -0.1) is 0 Å². The molecule has 68 valence electrons. The van der Waals surface area contributed by atoms with Crippen LogP contribution in [0.5, 0.6) is 0 Å². The van der Waals surface area contributed by atoms with Gasteiger partial charge in [0.1, 0.15) is 5.69 Å². The number of aromatic nitrogens is 2. The van der Waals surface area contributed by atoms with Gasteiger partial charge in [0.2, 0.25) is 0 Å². The molecule has 0 spiro atoms. The number of nitrogens with one attached hydrogen (secondary N) is 1. The van der Waals surface area contributed by atoms with Crippen LogP contribution < -0.4 is 5.32 Å².